The number of imide groups is 1. The Hall–Kier alpha value is -5.05. The Morgan fingerprint density at radius 3 is 2.56 bits per heavy atom. The molecule has 1 N–H and O–H groups in total. The van der Waals surface area contributed by atoms with Crippen LogP contribution >= 0.6 is 0 Å². The molecule has 9 heteroatoms. The molecule has 9 nitrogen and oxygen atoms in total. The summed E-state index contributed by atoms with van der Waals surface area (Å²) >= 11 is 0. The molecule has 2 bridgehead atoms. The van der Waals surface area contributed by atoms with E-state index >= 15 is 0 Å². The number of anilines is 1. The number of methoxy groups -OCH3 is 1. The van der Waals surface area contributed by atoms with Crippen molar-refractivity contribution in [3.63, 3.8) is 0 Å². The van der Waals surface area contributed by atoms with E-state index in [2.05, 4.69) is 39.0 Å². The number of hydrogen-bond acceptors (Lipinski definition) is 6. The van der Waals surface area contributed by atoms with Crippen LogP contribution in [-0.2, 0) is 20.9 Å². The summed E-state index contributed by atoms with van der Waals surface area (Å²) in [5.74, 6) is -0.0884. The molecule has 2 fully saturated rings. The summed E-state index contributed by atoms with van der Waals surface area (Å²) in [7, 11) is 1.61. The Morgan fingerprint density at radius 1 is 0.930 bits per heavy atom. The van der Waals surface area contributed by atoms with Crippen molar-refractivity contribution in [3.05, 3.63) is 101 Å². The highest BCUT2D eigenvalue weighted by Crippen LogP contribution is 2.65. The average molecular weight is 571 g/mol. The molecular formula is C34H26N4O5. The maximum atomic E-state index is 14.5. The summed E-state index contributed by atoms with van der Waals surface area (Å²) < 4.78 is 13.6. The number of amides is 3. The first-order valence-electron chi connectivity index (χ1n) is 14.8. The molecule has 5 heterocycles. The molecule has 4 aromatic rings. The van der Waals surface area contributed by atoms with Crippen molar-refractivity contribution in [1.29, 1.82) is 0 Å². The van der Waals surface area contributed by atoms with Gasteiger partial charge in [0, 0.05) is 33.6 Å². The van der Waals surface area contributed by atoms with Crippen molar-refractivity contribution >= 4 is 40.1 Å². The zero-order valence-electron chi connectivity index (χ0n) is 23.2. The summed E-state index contributed by atoms with van der Waals surface area (Å²) in [6, 6.07) is 23.4. The lowest BCUT2D eigenvalue weighted by molar-refractivity contribution is -0.137. The van der Waals surface area contributed by atoms with Crippen molar-refractivity contribution in [2.75, 3.05) is 12.0 Å². The van der Waals surface area contributed by atoms with Gasteiger partial charge in [-0.2, -0.15) is 0 Å². The molecule has 0 spiro atoms. The average Bonchev–Trinajstić information content (AvgIpc) is 3.78. The molecule has 6 aliphatic rings. The number of hydrogen-bond donors (Lipinski definition) is 1. The lowest BCUT2D eigenvalue weighted by Gasteiger charge is -2.39. The minimum atomic E-state index is -0.388. The third-order valence-electron chi connectivity index (χ3n) is 10.5. The number of carbonyl (C=O) groups is 3. The molecule has 1 aromatic heterocycles. The Labute approximate surface area is 246 Å². The lowest BCUT2D eigenvalue weighted by atomic mass is 9.76. The van der Waals surface area contributed by atoms with Crippen LogP contribution in [0.3, 0.4) is 0 Å². The first kappa shape index (κ1) is 23.5. The summed E-state index contributed by atoms with van der Waals surface area (Å²) in [6.07, 6.45) is 0.0828. The molecule has 1 saturated carbocycles. The van der Waals surface area contributed by atoms with Crippen LogP contribution in [0.5, 0.6) is 5.75 Å². The van der Waals surface area contributed by atoms with Crippen molar-refractivity contribution in [2.45, 2.75) is 49.2 Å². The minimum absolute atomic E-state index is 0.0433. The van der Waals surface area contributed by atoms with E-state index in [1.165, 1.54) is 4.90 Å². The molecular weight excluding hydrogens is 544 g/mol. The van der Waals surface area contributed by atoms with Gasteiger partial charge in [0.25, 0.3) is 11.8 Å². The molecule has 4 unspecified atom stereocenters. The normalized spacial score (nSPS) is 28.9. The number of rotatable bonds is 3. The highest BCUT2D eigenvalue weighted by Gasteiger charge is 2.64. The maximum absolute atomic E-state index is 14.5. The van der Waals surface area contributed by atoms with E-state index in [4.69, 9.17) is 9.47 Å². The number of fused-ring (bicyclic) bond motifs is 10. The van der Waals surface area contributed by atoms with Crippen molar-refractivity contribution < 1.29 is 23.9 Å². The Kier molecular flexibility index (Phi) is 4.30. The number of nitrogens with zero attached hydrogens (tertiary/aromatic N) is 3. The van der Waals surface area contributed by atoms with Gasteiger partial charge >= 0.3 is 6.09 Å². The second kappa shape index (κ2) is 7.86. The molecule has 6 atom stereocenters. The van der Waals surface area contributed by atoms with Crippen LogP contribution < -0.4 is 15.0 Å². The third-order valence-corrected chi connectivity index (χ3v) is 10.5. The summed E-state index contributed by atoms with van der Waals surface area (Å²) in [4.78, 5) is 45.4. The maximum Gasteiger partial charge on any atom is 0.407 e. The monoisotopic (exact) mass is 570 g/mol. The van der Waals surface area contributed by atoms with Gasteiger partial charge in [-0.25, -0.2) is 4.79 Å². The molecule has 1 saturated heterocycles. The molecule has 3 amide bonds. The van der Waals surface area contributed by atoms with Gasteiger partial charge in [0.05, 0.1) is 49.1 Å². The van der Waals surface area contributed by atoms with Gasteiger partial charge in [0.1, 0.15) is 11.9 Å². The molecule has 3 aromatic carbocycles. The van der Waals surface area contributed by atoms with E-state index in [1.807, 2.05) is 48.5 Å². The topological polar surface area (TPSA) is 93.1 Å². The van der Waals surface area contributed by atoms with Crippen LogP contribution in [0.15, 0.2) is 78.4 Å². The number of ether oxygens (including phenoxy) is 2. The Balaban J connectivity index is 1.24. The summed E-state index contributed by atoms with van der Waals surface area (Å²) in [6.45, 7) is 0.181. The van der Waals surface area contributed by atoms with Crippen LogP contribution in [0.25, 0.3) is 16.5 Å². The van der Waals surface area contributed by atoms with Gasteiger partial charge in [-0.1, -0.05) is 48.5 Å². The van der Waals surface area contributed by atoms with E-state index in [1.54, 1.807) is 7.11 Å². The van der Waals surface area contributed by atoms with Gasteiger partial charge in [0.2, 0.25) is 0 Å². The van der Waals surface area contributed by atoms with E-state index in [-0.39, 0.29) is 60.6 Å². The standard InChI is InChI=1S/C34H26N4O5/c1-42-17-12-10-16(11-13-17)15-36-32(39)26-24-18-6-2-4-8-20(18)37-22-14-23(31-28(22)35-34(41)43-31)38-21-9-5-3-7-19(21)25(27(26)33(36)40)30(38)29(24)37/h2-13,22-23,25,28,30-31H,14-15H2,1H3,(H,35,41)/t22?,23?,25?,28-,30?,31+/m0/s1. The zero-order chi connectivity index (χ0) is 28.7. The number of carbonyl (C=O) groups excluding carboxylic acids is 3. The van der Waals surface area contributed by atoms with Crippen LogP contribution in [0.4, 0.5) is 10.5 Å². The second-order valence-corrected chi connectivity index (χ2v) is 12.3. The quantitative estimate of drug-likeness (QED) is 0.367. The predicted molar refractivity (Wildman–Crippen MR) is 156 cm³/mol. The Bertz CT molecular complexity index is 1990. The fourth-order valence-corrected chi connectivity index (χ4v) is 8.98. The number of nitrogens with one attached hydrogen (secondary N) is 1. The number of benzene rings is 3. The van der Waals surface area contributed by atoms with Gasteiger partial charge in [-0.15, -0.1) is 0 Å². The van der Waals surface area contributed by atoms with Gasteiger partial charge in [-0.05, 0) is 41.8 Å². The van der Waals surface area contributed by atoms with Gasteiger partial charge in [-0.3, -0.25) is 14.5 Å². The highest BCUT2D eigenvalue weighted by molar-refractivity contribution is 6.38. The SMILES string of the molecule is COc1ccc(CN2C(=O)C3=C(C2=O)C2c4ccccc4N4C2c2c3c3ccccc3n2C2CC4[C@H]3OC(=O)N[C@@H]23)cc1. The van der Waals surface area contributed by atoms with Crippen LogP contribution in [0, 0.1) is 0 Å². The van der Waals surface area contributed by atoms with Crippen molar-refractivity contribution in [1.82, 2.24) is 14.8 Å². The van der Waals surface area contributed by atoms with Crippen LogP contribution in [0.2, 0.25) is 0 Å². The Morgan fingerprint density at radius 2 is 1.72 bits per heavy atom. The smallest absolute Gasteiger partial charge is 0.407 e. The fraction of sp³-hybridized carbons (Fsp3) is 0.265. The molecule has 4 aliphatic heterocycles. The molecule has 2 aliphatic carbocycles. The summed E-state index contributed by atoms with van der Waals surface area (Å²) in [5.41, 5.74) is 6.95. The van der Waals surface area contributed by atoms with Crippen LogP contribution in [-0.4, -0.2) is 52.7 Å². The van der Waals surface area contributed by atoms with Gasteiger partial charge < -0.3 is 24.3 Å². The zero-order valence-corrected chi connectivity index (χ0v) is 23.2. The van der Waals surface area contributed by atoms with E-state index in [9.17, 15) is 14.4 Å². The first-order valence-corrected chi connectivity index (χ1v) is 14.8. The third kappa shape index (κ3) is 2.71. The number of para-hydroxylation sites is 2. The first-order chi connectivity index (χ1) is 21.0. The largest absolute Gasteiger partial charge is 0.497 e. The number of aromatic nitrogens is 1. The number of alkyl carbamates (subject to hydrolysis) is 1. The molecule has 10 rings (SSSR count). The lowest BCUT2D eigenvalue weighted by Crippen LogP contribution is -2.47. The van der Waals surface area contributed by atoms with Crippen LogP contribution in [0.1, 0.15) is 46.8 Å². The minimum Gasteiger partial charge on any atom is -0.497 e. The van der Waals surface area contributed by atoms with E-state index < -0.39 is 0 Å². The molecule has 212 valence electrons. The van der Waals surface area contributed by atoms with E-state index in [0.717, 1.165) is 51.1 Å². The second-order valence-electron chi connectivity index (χ2n) is 12.3. The van der Waals surface area contributed by atoms with Crippen molar-refractivity contribution in [2.24, 2.45) is 0 Å². The molecule has 43 heavy (non-hydrogen) atoms. The predicted octanol–water partition coefficient (Wildman–Crippen LogP) is 4.44. The molecule has 0 radical (unpaired) electrons. The fourth-order valence-electron chi connectivity index (χ4n) is 8.98. The highest BCUT2D eigenvalue weighted by atomic mass is 16.6. The van der Waals surface area contributed by atoms with Gasteiger partial charge in [0.15, 0.2) is 0 Å². The van der Waals surface area contributed by atoms with E-state index in [0.29, 0.717) is 11.1 Å². The summed E-state index contributed by atoms with van der Waals surface area (Å²) in [5, 5.41) is 4.07. The van der Waals surface area contributed by atoms with Crippen molar-refractivity contribution in [3.8, 4) is 5.75 Å².